The van der Waals surface area contributed by atoms with Crippen molar-refractivity contribution in [3.63, 3.8) is 0 Å². The van der Waals surface area contributed by atoms with E-state index >= 15 is 0 Å². The molecule has 9 nitrogen and oxygen atoms in total. The third kappa shape index (κ3) is 4.63. The van der Waals surface area contributed by atoms with Gasteiger partial charge < -0.3 is 15.0 Å². The molecule has 168 valence electrons. The van der Waals surface area contributed by atoms with Crippen molar-refractivity contribution in [2.45, 2.75) is 11.8 Å². The molecular formula is C21H23FN6O3S. The lowest BCUT2D eigenvalue weighted by Crippen LogP contribution is -2.48. The summed E-state index contributed by atoms with van der Waals surface area (Å²) in [6.45, 7) is 3.37. The van der Waals surface area contributed by atoms with Gasteiger partial charge in [-0.1, -0.05) is 0 Å². The average Bonchev–Trinajstić information content (AvgIpc) is 2.79. The lowest BCUT2D eigenvalue weighted by molar-refractivity contribution is 0.379. The molecule has 0 spiro atoms. The molecule has 32 heavy (non-hydrogen) atoms. The van der Waals surface area contributed by atoms with Crippen molar-refractivity contribution in [2.24, 2.45) is 0 Å². The number of hydrogen-bond acceptors (Lipinski definition) is 8. The van der Waals surface area contributed by atoms with E-state index in [9.17, 15) is 12.8 Å². The van der Waals surface area contributed by atoms with Gasteiger partial charge in [-0.05, 0) is 42.8 Å². The van der Waals surface area contributed by atoms with Crippen molar-refractivity contribution in [2.75, 3.05) is 43.5 Å². The summed E-state index contributed by atoms with van der Waals surface area (Å²) in [5.74, 6) is 1.25. The summed E-state index contributed by atoms with van der Waals surface area (Å²) in [7, 11) is -2.48. The van der Waals surface area contributed by atoms with Crippen molar-refractivity contribution >= 4 is 27.5 Å². The minimum atomic E-state index is -3.81. The monoisotopic (exact) mass is 458 g/mol. The first-order valence-corrected chi connectivity index (χ1v) is 11.4. The molecule has 2 aromatic heterocycles. The van der Waals surface area contributed by atoms with Gasteiger partial charge in [0.25, 0.3) is 0 Å². The predicted molar refractivity (Wildman–Crippen MR) is 118 cm³/mol. The third-order valence-corrected chi connectivity index (χ3v) is 7.04. The first-order chi connectivity index (χ1) is 15.4. The first-order valence-electron chi connectivity index (χ1n) is 9.97. The fraction of sp³-hybridized carbons (Fsp3) is 0.286. The zero-order valence-electron chi connectivity index (χ0n) is 17.7. The summed E-state index contributed by atoms with van der Waals surface area (Å²) in [5.41, 5.74) is 1.07. The van der Waals surface area contributed by atoms with Crippen LogP contribution in [0.5, 0.6) is 5.75 Å². The number of hydrogen-bond donors (Lipinski definition) is 1. The number of nitrogens with one attached hydrogen (secondary N) is 1. The molecular weight excluding hydrogens is 435 g/mol. The summed E-state index contributed by atoms with van der Waals surface area (Å²) in [6, 6.07) is 9.27. The molecule has 1 aliphatic heterocycles. The third-order valence-electron chi connectivity index (χ3n) is 5.15. The van der Waals surface area contributed by atoms with Crippen molar-refractivity contribution < 1.29 is 17.5 Å². The zero-order valence-corrected chi connectivity index (χ0v) is 18.5. The lowest BCUT2D eigenvalue weighted by Gasteiger charge is -2.34. The molecule has 0 unspecified atom stereocenters. The second-order valence-corrected chi connectivity index (χ2v) is 9.23. The van der Waals surface area contributed by atoms with Crippen molar-refractivity contribution in [3.05, 3.63) is 60.3 Å². The van der Waals surface area contributed by atoms with E-state index in [1.54, 1.807) is 12.3 Å². The number of anilines is 3. The van der Waals surface area contributed by atoms with Crippen LogP contribution in [0.15, 0.2) is 53.8 Å². The molecule has 1 saturated heterocycles. The summed E-state index contributed by atoms with van der Waals surface area (Å²) < 4.78 is 46.1. The van der Waals surface area contributed by atoms with Crippen LogP contribution in [0.1, 0.15) is 5.56 Å². The minimum Gasteiger partial charge on any atom is -0.494 e. The van der Waals surface area contributed by atoms with E-state index in [1.807, 2.05) is 24.0 Å². The zero-order chi connectivity index (χ0) is 22.7. The van der Waals surface area contributed by atoms with Crippen LogP contribution in [0.25, 0.3) is 0 Å². The van der Waals surface area contributed by atoms with E-state index in [1.165, 1.54) is 29.9 Å². The molecule has 0 radical (unpaired) electrons. The number of aromatic nitrogens is 3. The van der Waals surface area contributed by atoms with Crippen LogP contribution in [0.3, 0.4) is 0 Å². The van der Waals surface area contributed by atoms with Crippen LogP contribution in [-0.4, -0.2) is 61.0 Å². The Kier molecular flexibility index (Phi) is 6.19. The first kappa shape index (κ1) is 21.9. The number of pyridine rings is 1. The highest BCUT2D eigenvalue weighted by molar-refractivity contribution is 7.89. The van der Waals surface area contributed by atoms with Gasteiger partial charge >= 0.3 is 0 Å². The predicted octanol–water partition coefficient (Wildman–Crippen LogP) is 2.58. The molecule has 4 rings (SSSR count). The topological polar surface area (TPSA) is 101 Å². The smallest absolute Gasteiger partial charge is 0.243 e. The molecule has 0 bridgehead atoms. The standard InChI is InChI=1S/C21H23FN6O3S/c1-15-5-6-23-19(11-15)26-20-13-21(25-14-24-20)27-7-9-28(10-8-27)32(29,30)16-3-4-18(31-2)17(22)12-16/h3-6,11-14H,7-10H2,1-2H3,(H,23,24,25,26). The number of methoxy groups -OCH3 is 1. The highest BCUT2D eigenvalue weighted by Crippen LogP contribution is 2.25. The maximum absolute atomic E-state index is 14.0. The van der Waals surface area contributed by atoms with Gasteiger partial charge in [0.1, 0.15) is 23.8 Å². The summed E-state index contributed by atoms with van der Waals surface area (Å²) >= 11 is 0. The maximum atomic E-state index is 14.0. The van der Waals surface area contributed by atoms with Crippen molar-refractivity contribution in [3.8, 4) is 5.75 Å². The number of ether oxygens (including phenoxy) is 1. The van der Waals surface area contributed by atoms with Crippen LogP contribution < -0.4 is 15.0 Å². The molecule has 3 aromatic rings. The van der Waals surface area contributed by atoms with Gasteiger partial charge in [-0.2, -0.15) is 4.31 Å². The normalized spacial score (nSPS) is 14.9. The number of piperazine rings is 1. The molecule has 0 aliphatic carbocycles. The average molecular weight is 459 g/mol. The van der Waals surface area contributed by atoms with Crippen molar-refractivity contribution in [1.29, 1.82) is 0 Å². The molecule has 0 amide bonds. The number of aryl methyl sites for hydroxylation is 1. The van der Waals surface area contributed by atoms with Crippen molar-refractivity contribution in [1.82, 2.24) is 19.3 Å². The van der Waals surface area contributed by atoms with Crippen LogP contribution >= 0.6 is 0 Å². The van der Waals surface area contributed by atoms with Crippen LogP contribution in [0.2, 0.25) is 0 Å². The second-order valence-electron chi connectivity index (χ2n) is 7.29. The Morgan fingerprint density at radius 3 is 2.44 bits per heavy atom. The fourth-order valence-corrected chi connectivity index (χ4v) is 4.87. The number of halogens is 1. The maximum Gasteiger partial charge on any atom is 0.243 e. The summed E-state index contributed by atoms with van der Waals surface area (Å²) in [5, 5.41) is 3.15. The minimum absolute atomic E-state index is 0.00260. The second kappa shape index (κ2) is 9.05. The lowest BCUT2D eigenvalue weighted by atomic mass is 10.3. The quantitative estimate of drug-likeness (QED) is 0.602. The molecule has 1 fully saturated rings. The molecule has 0 saturated carbocycles. The van der Waals surface area contributed by atoms with Gasteiger partial charge in [-0.3, -0.25) is 0 Å². The van der Waals surface area contributed by atoms with E-state index < -0.39 is 15.8 Å². The van der Waals surface area contributed by atoms with Crippen LogP contribution in [-0.2, 0) is 10.0 Å². The Bertz CT molecular complexity index is 1220. The highest BCUT2D eigenvalue weighted by atomic mass is 32.2. The molecule has 1 aliphatic rings. The Labute approximate surface area is 185 Å². The van der Waals surface area contributed by atoms with E-state index in [4.69, 9.17) is 4.74 Å². The van der Waals surface area contributed by atoms with E-state index in [2.05, 4.69) is 20.3 Å². The Morgan fingerprint density at radius 1 is 1.00 bits per heavy atom. The van der Waals surface area contributed by atoms with Gasteiger partial charge in [-0.15, -0.1) is 0 Å². The molecule has 11 heteroatoms. The Balaban J connectivity index is 1.44. The van der Waals surface area contributed by atoms with Gasteiger partial charge in [-0.25, -0.2) is 27.8 Å². The Hall–Kier alpha value is -3.31. The molecule has 0 atom stereocenters. The van der Waals surface area contributed by atoms with Gasteiger partial charge in [0.15, 0.2) is 11.6 Å². The van der Waals surface area contributed by atoms with Crippen LogP contribution in [0.4, 0.5) is 21.8 Å². The molecule has 1 N–H and O–H groups in total. The van der Waals surface area contributed by atoms with E-state index in [0.717, 1.165) is 11.6 Å². The summed E-state index contributed by atoms with van der Waals surface area (Å²) in [4.78, 5) is 14.7. The molecule has 3 heterocycles. The number of rotatable bonds is 6. The highest BCUT2D eigenvalue weighted by Gasteiger charge is 2.29. The fourth-order valence-electron chi connectivity index (χ4n) is 3.44. The number of sulfonamides is 1. The Morgan fingerprint density at radius 2 is 1.75 bits per heavy atom. The number of nitrogens with zero attached hydrogens (tertiary/aromatic N) is 5. The van der Waals surface area contributed by atoms with E-state index in [0.29, 0.717) is 30.5 Å². The largest absolute Gasteiger partial charge is 0.494 e. The van der Waals surface area contributed by atoms with Gasteiger partial charge in [0.2, 0.25) is 10.0 Å². The van der Waals surface area contributed by atoms with Gasteiger partial charge in [0, 0.05) is 38.4 Å². The van der Waals surface area contributed by atoms with E-state index in [-0.39, 0.29) is 23.7 Å². The summed E-state index contributed by atoms with van der Waals surface area (Å²) in [6.07, 6.45) is 3.17. The number of benzene rings is 1. The van der Waals surface area contributed by atoms with Gasteiger partial charge in [0.05, 0.1) is 12.0 Å². The molecule has 1 aromatic carbocycles. The SMILES string of the molecule is COc1ccc(S(=O)(=O)N2CCN(c3cc(Nc4cc(C)ccn4)ncn3)CC2)cc1F. The van der Waals surface area contributed by atoms with Crippen LogP contribution in [0, 0.1) is 12.7 Å².